The molecule has 2 aliphatic heterocycles. The molecule has 0 aromatic carbocycles. The van der Waals surface area contributed by atoms with Crippen LogP contribution in [0, 0.1) is 0 Å². The van der Waals surface area contributed by atoms with Crippen LogP contribution in [0.15, 0.2) is 0 Å². The SMILES string of the molecule is CC(=O)N[C@H]1[C@@H](OC[C@H](NC(C)=O)C(=O)O)O[C@H](CO[C@@H]2O[C@H](CO)[C@@H](O)[C@H](O)[C@H]2NC(C)=O)[C@H](O)[C@@H]1O. The van der Waals surface area contributed by atoms with E-state index in [9.17, 15) is 49.8 Å². The number of rotatable bonds is 11. The van der Waals surface area contributed by atoms with Crippen molar-refractivity contribution in [3.8, 4) is 0 Å². The Morgan fingerprint density at radius 2 is 1.24 bits per heavy atom. The first kappa shape index (κ1) is 31.7. The molecule has 11 atom stereocenters. The molecule has 17 heteroatoms. The maximum absolute atomic E-state index is 11.6. The Hall–Kier alpha value is -2.48. The standard InChI is InChI=1S/C21H35N3O14/c1-7(26)22-10(19(33)34)5-35-20-14(24-9(3)28)18(32)16(30)12(38-20)6-36-21-13(23-8(2)27)17(31)15(29)11(4-25)37-21/h10-18,20-21,25,29-32H,4-6H2,1-3H3,(H,22,26)(H,23,27)(H,24,28)(H,33,34)/t10-,11+,12+,13+,14+,15+,16-,17+,18+,20-,21+/m0/s1. The van der Waals surface area contributed by atoms with Crippen LogP contribution in [0.4, 0.5) is 0 Å². The summed E-state index contributed by atoms with van der Waals surface area (Å²) in [7, 11) is 0. The van der Waals surface area contributed by atoms with Gasteiger partial charge in [0.15, 0.2) is 18.6 Å². The highest BCUT2D eigenvalue weighted by molar-refractivity contribution is 5.82. The van der Waals surface area contributed by atoms with Crippen LogP contribution in [0.5, 0.6) is 0 Å². The zero-order valence-electron chi connectivity index (χ0n) is 20.9. The van der Waals surface area contributed by atoms with Crippen molar-refractivity contribution in [1.82, 2.24) is 16.0 Å². The van der Waals surface area contributed by atoms with Crippen molar-refractivity contribution in [2.75, 3.05) is 19.8 Å². The van der Waals surface area contributed by atoms with Crippen LogP contribution < -0.4 is 16.0 Å². The summed E-state index contributed by atoms with van der Waals surface area (Å²) in [5.74, 6) is -3.30. The number of hydrogen-bond acceptors (Lipinski definition) is 13. The number of aliphatic carboxylic acids is 1. The Morgan fingerprint density at radius 3 is 1.68 bits per heavy atom. The van der Waals surface area contributed by atoms with E-state index in [1.807, 2.05) is 0 Å². The molecule has 0 aromatic rings. The first-order valence-corrected chi connectivity index (χ1v) is 11.7. The van der Waals surface area contributed by atoms with E-state index >= 15 is 0 Å². The lowest BCUT2D eigenvalue weighted by Gasteiger charge is -2.45. The summed E-state index contributed by atoms with van der Waals surface area (Å²) in [6.07, 6.45) is -12.1. The van der Waals surface area contributed by atoms with E-state index < -0.39 is 111 Å². The first-order chi connectivity index (χ1) is 17.8. The Labute approximate surface area is 217 Å². The fourth-order valence-corrected chi connectivity index (χ4v) is 4.01. The number of carboxylic acid groups (broad SMARTS) is 1. The van der Waals surface area contributed by atoms with Gasteiger partial charge in [0, 0.05) is 20.8 Å². The highest BCUT2D eigenvalue weighted by Crippen LogP contribution is 2.26. The summed E-state index contributed by atoms with van der Waals surface area (Å²) in [6, 6.07) is -4.13. The van der Waals surface area contributed by atoms with E-state index in [-0.39, 0.29) is 0 Å². The van der Waals surface area contributed by atoms with Crippen LogP contribution in [-0.2, 0) is 38.1 Å². The third-order valence-corrected chi connectivity index (χ3v) is 5.85. The van der Waals surface area contributed by atoms with Crippen LogP contribution in [-0.4, -0.2) is 141 Å². The van der Waals surface area contributed by atoms with Crippen molar-refractivity contribution in [2.45, 2.75) is 88.1 Å². The lowest BCUT2D eigenvalue weighted by Crippen LogP contribution is -2.66. The molecule has 3 amide bonds. The van der Waals surface area contributed by atoms with Gasteiger partial charge in [-0.2, -0.15) is 0 Å². The van der Waals surface area contributed by atoms with Gasteiger partial charge in [0.2, 0.25) is 17.7 Å². The molecule has 0 bridgehead atoms. The molecule has 9 N–H and O–H groups in total. The summed E-state index contributed by atoms with van der Waals surface area (Å²) in [5.41, 5.74) is 0. The van der Waals surface area contributed by atoms with Crippen LogP contribution >= 0.6 is 0 Å². The zero-order valence-corrected chi connectivity index (χ0v) is 20.9. The molecule has 218 valence electrons. The Balaban J connectivity index is 2.18. The van der Waals surface area contributed by atoms with E-state index in [2.05, 4.69) is 16.0 Å². The average molecular weight is 554 g/mol. The third kappa shape index (κ3) is 8.26. The lowest BCUT2D eigenvalue weighted by molar-refractivity contribution is -0.304. The molecule has 38 heavy (non-hydrogen) atoms. The molecule has 2 saturated heterocycles. The summed E-state index contributed by atoms with van der Waals surface area (Å²) in [4.78, 5) is 45.9. The summed E-state index contributed by atoms with van der Waals surface area (Å²) >= 11 is 0. The number of nitrogens with one attached hydrogen (secondary N) is 3. The van der Waals surface area contributed by atoms with Gasteiger partial charge < -0.3 is 65.5 Å². The minimum absolute atomic E-state index is 0.555. The maximum atomic E-state index is 11.6. The minimum atomic E-state index is -1.69. The molecular formula is C21H35N3O14. The van der Waals surface area contributed by atoms with E-state index in [4.69, 9.17) is 18.9 Å². The predicted molar refractivity (Wildman–Crippen MR) is 121 cm³/mol. The van der Waals surface area contributed by atoms with Gasteiger partial charge in [0.25, 0.3) is 0 Å². The second-order valence-electron chi connectivity index (χ2n) is 8.94. The molecule has 0 spiro atoms. The van der Waals surface area contributed by atoms with Gasteiger partial charge in [-0.3, -0.25) is 14.4 Å². The number of carbonyl (C=O) groups excluding carboxylic acids is 3. The van der Waals surface area contributed by atoms with Crippen LogP contribution in [0.2, 0.25) is 0 Å². The number of ether oxygens (including phenoxy) is 4. The number of carboxylic acids is 1. The van der Waals surface area contributed by atoms with Crippen molar-refractivity contribution in [3.05, 3.63) is 0 Å². The van der Waals surface area contributed by atoms with Gasteiger partial charge in [0.05, 0.1) is 19.8 Å². The number of carbonyl (C=O) groups is 4. The van der Waals surface area contributed by atoms with Crippen molar-refractivity contribution in [3.63, 3.8) is 0 Å². The third-order valence-electron chi connectivity index (χ3n) is 5.85. The highest BCUT2D eigenvalue weighted by Gasteiger charge is 2.49. The molecule has 0 aromatic heterocycles. The quantitative estimate of drug-likeness (QED) is 0.116. The number of aliphatic hydroxyl groups excluding tert-OH is 5. The molecule has 0 radical (unpaired) electrons. The van der Waals surface area contributed by atoms with Crippen LogP contribution in [0.25, 0.3) is 0 Å². The molecular weight excluding hydrogens is 518 g/mol. The Morgan fingerprint density at radius 1 is 0.763 bits per heavy atom. The fraction of sp³-hybridized carbons (Fsp3) is 0.810. The van der Waals surface area contributed by atoms with Gasteiger partial charge >= 0.3 is 5.97 Å². The van der Waals surface area contributed by atoms with Crippen LogP contribution in [0.3, 0.4) is 0 Å². The second-order valence-corrected chi connectivity index (χ2v) is 8.94. The number of aliphatic hydroxyl groups is 5. The van der Waals surface area contributed by atoms with Gasteiger partial charge in [0.1, 0.15) is 48.7 Å². The fourth-order valence-electron chi connectivity index (χ4n) is 4.01. The van der Waals surface area contributed by atoms with E-state index in [1.165, 1.54) is 0 Å². The van der Waals surface area contributed by atoms with Crippen molar-refractivity contribution in [2.24, 2.45) is 0 Å². The first-order valence-electron chi connectivity index (χ1n) is 11.7. The molecule has 2 aliphatic rings. The van der Waals surface area contributed by atoms with Crippen molar-refractivity contribution < 1.29 is 68.8 Å². The summed E-state index contributed by atoms with van der Waals surface area (Å²) in [5, 5.41) is 67.3. The van der Waals surface area contributed by atoms with Gasteiger partial charge in [-0.25, -0.2) is 4.79 Å². The van der Waals surface area contributed by atoms with E-state index in [0.29, 0.717) is 0 Å². The average Bonchev–Trinajstić information content (AvgIpc) is 2.83. The topological polar surface area (TPSA) is 263 Å². The highest BCUT2D eigenvalue weighted by atomic mass is 16.7. The summed E-state index contributed by atoms with van der Waals surface area (Å²) < 4.78 is 22.1. The zero-order chi connectivity index (χ0) is 28.7. The molecule has 2 heterocycles. The predicted octanol–water partition coefficient (Wildman–Crippen LogP) is -5.50. The van der Waals surface area contributed by atoms with Gasteiger partial charge in [-0.15, -0.1) is 0 Å². The number of amides is 3. The Bertz CT molecular complexity index is 846. The molecule has 0 aliphatic carbocycles. The molecule has 2 fully saturated rings. The largest absolute Gasteiger partial charge is 0.480 e. The van der Waals surface area contributed by atoms with Crippen molar-refractivity contribution in [1.29, 1.82) is 0 Å². The van der Waals surface area contributed by atoms with E-state index in [1.54, 1.807) is 0 Å². The van der Waals surface area contributed by atoms with E-state index in [0.717, 1.165) is 20.8 Å². The smallest absolute Gasteiger partial charge is 0.328 e. The lowest BCUT2D eigenvalue weighted by atomic mass is 9.96. The Kier molecular flexibility index (Phi) is 11.7. The monoisotopic (exact) mass is 553 g/mol. The van der Waals surface area contributed by atoms with Crippen LogP contribution in [0.1, 0.15) is 20.8 Å². The molecule has 2 rings (SSSR count). The second kappa shape index (κ2) is 14.1. The molecule has 0 unspecified atom stereocenters. The summed E-state index contributed by atoms with van der Waals surface area (Å²) in [6.45, 7) is 1.49. The van der Waals surface area contributed by atoms with Gasteiger partial charge in [-0.05, 0) is 0 Å². The van der Waals surface area contributed by atoms with Gasteiger partial charge in [-0.1, -0.05) is 0 Å². The molecule has 17 nitrogen and oxygen atoms in total. The van der Waals surface area contributed by atoms with Crippen molar-refractivity contribution >= 4 is 23.7 Å². The maximum Gasteiger partial charge on any atom is 0.328 e. The normalized spacial score (nSPS) is 36.1. The number of hydrogen-bond donors (Lipinski definition) is 9. The molecule has 0 saturated carbocycles. The minimum Gasteiger partial charge on any atom is -0.480 e.